The fourth-order valence-corrected chi connectivity index (χ4v) is 6.74. The fraction of sp³-hybridized carbons (Fsp3) is 0.529. The van der Waals surface area contributed by atoms with Crippen molar-refractivity contribution in [1.82, 2.24) is 10.6 Å². The van der Waals surface area contributed by atoms with Gasteiger partial charge in [-0.25, -0.2) is 0 Å². The van der Waals surface area contributed by atoms with Crippen LogP contribution in [-0.4, -0.2) is 57.3 Å². The lowest BCUT2D eigenvalue weighted by atomic mass is 9.71. The Bertz CT molecular complexity index is 1470. The van der Waals surface area contributed by atoms with Crippen molar-refractivity contribution in [2.24, 2.45) is 5.41 Å². The number of carbonyl (C=O) groups is 3. The van der Waals surface area contributed by atoms with Crippen molar-refractivity contribution < 1.29 is 33.7 Å². The van der Waals surface area contributed by atoms with Gasteiger partial charge < -0.3 is 35.3 Å². The third-order valence-corrected chi connectivity index (χ3v) is 8.91. The van der Waals surface area contributed by atoms with Gasteiger partial charge >= 0.3 is 5.97 Å². The topological polar surface area (TPSA) is 152 Å². The smallest absolute Gasteiger partial charge is 0.303 e. The molecule has 1 atom stereocenters. The Hall–Kier alpha value is -4.28. The number of amides is 2. The summed E-state index contributed by atoms with van der Waals surface area (Å²) in [6.07, 6.45) is 6.64. The van der Waals surface area contributed by atoms with Gasteiger partial charge in [0.25, 0.3) is 0 Å². The molecule has 2 aromatic carbocycles. The van der Waals surface area contributed by atoms with Crippen molar-refractivity contribution in [3.8, 4) is 28.4 Å². The quantitative estimate of drug-likeness (QED) is 0.235. The zero-order chi connectivity index (χ0) is 32.6. The number of fused-ring (bicyclic) bond motifs is 3. The third-order valence-electron chi connectivity index (χ3n) is 8.91. The lowest BCUT2D eigenvalue weighted by Crippen LogP contribution is -2.40. The van der Waals surface area contributed by atoms with E-state index >= 15 is 0 Å². The number of hydrogen-bond donors (Lipinski definition) is 4. The first kappa shape index (κ1) is 33.6. The minimum atomic E-state index is -0.832. The van der Waals surface area contributed by atoms with Crippen LogP contribution in [0.5, 0.6) is 17.2 Å². The summed E-state index contributed by atoms with van der Waals surface area (Å²) in [5.41, 5.74) is 2.87. The zero-order valence-electron chi connectivity index (χ0n) is 26.7. The Morgan fingerprint density at radius 2 is 1.73 bits per heavy atom. The van der Waals surface area contributed by atoms with Crippen LogP contribution < -0.4 is 35.6 Å². The first-order chi connectivity index (χ1) is 21.6. The highest BCUT2D eigenvalue weighted by atomic mass is 16.5. The molecule has 4 N–H and O–H groups in total. The maximum absolute atomic E-state index is 13.5. The van der Waals surface area contributed by atoms with Gasteiger partial charge in [0.05, 0.1) is 39.5 Å². The summed E-state index contributed by atoms with van der Waals surface area (Å²) in [4.78, 5) is 49.7. The molecule has 0 aliphatic heterocycles. The lowest BCUT2D eigenvalue weighted by Gasteiger charge is -2.36. The van der Waals surface area contributed by atoms with Crippen LogP contribution in [-0.2, 0) is 20.8 Å². The van der Waals surface area contributed by atoms with E-state index in [9.17, 15) is 24.3 Å². The molecule has 0 heterocycles. The van der Waals surface area contributed by atoms with E-state index in [-0.39, 0.29) is 35.5 Å². The summed E-state index contributed by atoms with van der Waals surface area (Å²) in [5, 5.41) is 18.5. The van der Waals surface area contributed by atoms with Crippen molar-refractivity contribution in [3.05, 3.63) is 45.6 Å². The lowest BCUT2D eigenvalue weighted by molar-refractivity contribution is -0.140. The van der Waals surface area contributed by atoms with Crippen LogP contribution in [0.25, 0.3) is 11.1 Å². The van der Waals surface area contributed by atoms with Crippen LogP contribution in [0.1, 0.15) is 81.9 Å². The van der Waals surface area contributed by atoms with Gasteiger partial charge in [0.15, 0.2) is 11.5 Å². The second-order valence-electron chi connectivity index (χ2n) is 12.0. The number of carbonyl (C=O) groups excluding carboxylic acids is 2. The summed E-state index contributed by atoms with van der Waals surface area (Å²) in [5.74, 6) is 0.276. The zero-order valence-corrected chi connectivity index (χ0v) is 26.7. The number of methoxy groups -OCH3 is 3. The van der Waals surface area contributed by atoms with Gasteiger partial charge in [-0.05, 0) is 72.4 Å². The molecule has 1 fully saturated rings. The number of ether oxygens (including phenoxy) is 3. The van der Waals surface area contributed by atoms with Crippen molar-refractivity contribution in [3.63, 3.8) is 0 Å². The minimum absolute atomic E-state index is 0.0651. The molecule has 2 aliphatic rings. The van der Waals surface area contributed by atoms with Crippen molar-refractivity contribution in [2.75, 3.05) is 39.7 Å². The van der Waals surface area contributed by atoms with E-state index in [1.807, 2.05) is 12.1 Å². The van der Waals surface area contributed by atoms with Crippen molar-refractivity contribution in [1.29, 1.82) is 0 Å². The van der Waals surface area contributed by atoms with Gasteiger partial charge in [0, 0.05) is 32.0 Å². The molecule has 4 rings (SSSR count). The van der Waals surface area contributed by atoms with E-state index in [1.54, 1.807) is 26.4 Å². The molecule has 0 spiro atoms. The van der Waals surface area contributed by atoms with E-state index in [0.717, 1.165) is 48.8 Å². The molecule has 244 valence electrons. The number of carboxylic acids is 1. The molecular formula is C34H45N3O8. The number of rotatable bonds is 13. The van der Waals surface area contributed by atoms with Crippen LogP contribution >= 0.6 is 0 Å². The molecule has 2 aliphatic carbocycles. The Labute approximate surface area is 264 Å². The number of aryl methyl sites for hydroxylation is 1. The number of aliphatic carboxylic acids is 1. The van der Waals surface area contributed by atoms with Gasteiger partial charge in [-0.2, -0.15) is 0 Å². The Balaban J connectivity index is 1.53. The fourth-order valence-electron chi connectivity index (χ4n) is 6.74. The van der Waals surface area contributed by atoms with Gasteiger partial charge in [-0.3, -0.25) is 19.2 Å². The number of benzene rings is 1. The Morgan fingerprint density at radius 1 is 1.00 bits per heavy atom. The molecule has 2 aromatic rings. The number of carboxylic acid groups (broad SMARTS) is 1. The molecule has 0 aromatic heterocycles. The van der Waals surface area contributed by atoms with E-state index in [4.69, 9.17) is 14.2 Å². The number of nitrogens with one attached hydrogen (secondary N) is 3. The van der Waals surface area contributed by atoms with Gasteiger partial charge in [-0.15, -0.1) is 0 Å². The van der Waals surface area contributed by atoms with Gasteiger partial charge in [0.2, 0.25) is 23.0 Å². The highest BCUT2D eigenvalue weighted by Crippen LogP contribution is 2.50. The second-order valence-corrected chi connectivity index (χ2v) is 12.0. The van der Waals surface area contributed by atoms with E-state index < -0.39 is 12.0 Å². The monoisotopic (exact) mass is 623 g/mol. The Morgan fingerprint density at radius 3 is 2.38 bits per heavy atom. The molecule has 2 amide bonds. The molecule has 45 heavy (non-hydrogen) atoms. The van der Waals surface area contributed by atoms with Crippen LogP contribution in [0.15, 0.2) is 29.1 Å². The van der Waals surface area contributed by atoms with Crippen LogP contribution in [0, 0.1) is 5.41 Å². The maximum atomic E-state index is 13.5. The SMILES string of the molecule is COc1cc2c(c(OC)c1OC)-c1ccc(NCCCC(=O)NCC3(CC(=O)O)CCCCC3)c(=O)cc1[C@@H](NC(C)=O)CC2. The van der Waals surface area contributed by atoms with Crippen LogP contribution in [0.2, 0.25) is 0 Å². The summed E-state index contributed by atoms with van der Waals surface area (Å²) in [6, 6.07) is 6.63. The van der Waals surface area contributed by atoms with E-state index in [2.05, 4.69) is 16.0 Å². The summed E-state index contributed by atoms with van der Waals surface area (Å²) in [6.45, 7) is 2.21. The molecule has 11 heteroatoms. The summed E-state index contributed by atoms with van der Waals surface area (Å²) >= 11 is 0. The molecule has 0 unspecified atom stereocenters. The maximum Gasteiger partial charge on any atom is 0.303 e. The Kier molecular flexibility index (Phi) is 11.3. The second kappa shape index (κ2) is 15.1. The highest BCUT2D eigenvalue weighted by molar-refractivity contribution is 5.84. The number of hydrogen-bond acceptors (Lipinski definition) is 8. The predicted octanol–water partition coefficient (Wildman–Crippen LogP) is 4.60. The third kappa shape index (κ3) is 8.06. The molecule has 0 radical (unpaired) electrons. The van der Waals surface area contributed by atoms with E-state index in [0.29, 0.717) is 60.9 Å². The minimum Gasteiger partial charge on any atom is -0.493 e. The molecule has 0 saturated heterocycles. The number of anilines is 1. The highest BCUT2D eigenvalue weighted by Gasteiger charge is 2.35. The first-order valence-corrected chi connectivity index (χ1v) is 15.6. The normalized spacial score (nSPS) is 16.7. The average Bonchev–Trinajstić information content (AvgIpc) is 3.25. The van der Waals surface area contributed by atoms with E-state index in [1.165, 1.54) is 14.0 Å². The molecule has 11 nitrogen and oxygen atoms in total. The van der Waals surface area contributed by atoms with Crippen molar-refractivity contribution in [2.45, 2.75) is 77.2 Å². The van der Waals surface area contributed by atoms with Crippen LogP contribution in [0.3, 0.4) is 0 Å². The summed E-state index contributed by atoms with van der Waals surface area (Å²) < 4.78 is 17.1. The average molecular weight is 624 g/mol. The first-order valence-electron chi connectivity index (χ1n) is 15.6. The van der Waals surface area contributed by atoms with Crippen molar-refractivity contribution >= 4 is 23.5 Å². The largest absolute Gasteiger partial charge is 0.493 e. The summed E-state index contributed by atoms with van der Waals surface area (Å²) in [7, 11) is 4.66. The molecule has 1 saturated carbocycles. The molecule has 0 bridgehead atoms. The predicted molar refractivity (Wildman–Crippen MR) is 171 cm³/mol. The van der Waals surface area contributed by atoms with Gasteiger partial charge in [-0.1, -0.05) is 25.3 Å². The molecular weight excluding hydrogens is 578 g/mol. The standard InChI is InChI=1S/C34H45N3O8/c1-21(38)37-25-12-10-22-17-28(43-2)32(44-3)33(45-4)31(22)23-11-13-26(27(39)18-24(23)25)35-16-8-9-29(40)36-20-34(19-30(41)42)14-6-5-7-15-34/h11,13,17-18,25H,5-10,12,14-16,19-20H2,1-4H3,(H,35,39)(H,36,40)(H,37,38)(H,41,42)/t25-/m0/s1. The van der Waals surface area contributed by atoms with Gasteiger partial charge in [0.1, 0.15) is 0 Å². The van der Waals surface area contributed by atoms with Crippen LogP contribution in [0.4, 0.5) is 5.69 Å².